The van der Waals surface area contributed by atoms with Crippen molar-refractivity contribution in [3.63, 3.8) is 0 Å². The molecule has 1 aliphatic rings. The summed E-state index contributed by atoms with van der Waals surface area (Å²) in [6.45, 7) is 2.37. The van der Waals surface area contributed by atoms with E-state index in [1.54, 1.807) is 0 Å². The number of nitrogens with zero attached hydrogens (tertiary/aromatic N) is 1. The molecule has 11 heavy (non-hydrogen) atoms. The molecule has 3 nitrogen and oxygen atoms in total. The minimum atomic E-state index is -0.567. The highest BCUT2D eigenvalue weighted by molar-refractivity contribution is 5.10. The topological polar surface area (TPSA) is 53.2 Å². The van der Waals surface area contributed by atoms with Crippen LogP contribution in [0, 0.1) is 17.2 Å². The molecule has 1 rings (SSSR count). The fourth-order valence-corrected chi connectivity index (χ4v) is 1.55. The number of aliphatic hydroxyl groups excluding tert-OH is 1. The van der Waals surface area contributed by atoms with Crippen LogP contribution in [0.15, 0.2) is 0 Å². The summed E-state index contributed by atoms with van der Waals surface area (Å²) >= 11 is 0. The monoisotopic (exact) mass is 155 g/mol. The lowest BCUT2D eigenvalue weighted by molar-refractivity contribution is -0.0911. The predicted octanol–water partition coefficient (Wildman–Crippen LogP) is 0.688. The molecule has 1 aliphatic carbocycles. The number of hydrogen-bond acceptors (Lipinski definition) is 3. The van der Waals surface area contributed by atoms with Gasteiger partial charge in [0, 0.05) is 0 Å². The molecule has 0 aromatic carbocycles. The molecule has 0 radical (unpaired) electrons. The average Bonchev–Trinajstić information content (AvgIpc) is 1.96. The first-order valence-electron chi connectivity index (χ1n) is 3.88. The average molecular weight is 155 g/mol. The molecule has 1 N–H and O–H groups in total. The third-order valence-electron chi connectivity index (χ3n) is 2.03. The zero-order valence-electron chi connectivity index (χ0n) is 6.71. The Kier molecular flexibility index (Phi) is 2.48. The lowest BCUT2D eigenvalue weighted by Crippen LogP contribution is -2.44. The van der Waals surface area contributed by atoms with E-state index in [0.717, 1.165) is 12.8 Å². The first-order chi connectivity index (χ1) is 5.22. The van der Waals surface area contributed by atoms with Crippen molar-refractivity contribution in [1.29, 1.82) is 5.26 Å². The van der Waals surface area contributed by atoms with Crippen molar-refractivity contribution < 1.29 is 9.84 Å². The van der Waals surface area contributed by atoms with E-state index in [2.05, 4.69) is 13.0 Å². The molecule has 0 spiro atoms. The van der Waals surface area contributed by atoms with Crippen LogP contribution in [0.25, 0.3) is 0 Å². The van der Waals surface area contributed by atoms with Gasteiger partial charge in [-0.3, -0.25) is 0 Å². The van der Waals surface area contributed by atoms with Crippen LogP contribution in [0.1, 0.15) is 19.8 Å². The van der Waals surface area contributed by atoms with Crippen LogP contribution < -0.4 is 0 Å². The van der Waals surface area contributed by atoms with Gasteiger partial charge >= 0.3 is 0 Å². The van der Waals surface area contributed by atoms with Crippen molar-refractivity contribution in [2.24, 2.45) is 5.92 Å². The first kappa shape index (κ1) is 8.51. The summed E-state index contributed by atoms with van der Waals surface area (Å²) in [4.78, 5) is 0. The van der Waals surface area contributed by atoms with Gasteiger partial charge in [-0.2, -0.15) is 5.26 Å². The number of rotatable bonds is 3. The third-order valence-corrected chi connectivity index (χ3v) is 2.03. The zero-order valence-corrected chi connectivity index (χ0v) is 6.71. The Morgan fingerprint density at radius 1 is 1.73 bits per heavy atom. The third kappa shape index (κ3) is 1.70. The van der Waals surface area contributed by atoms with Gasteiger partial charge < -0.3 is 9.84 Å². The fourth-order valence-electron chi connectivity index (χ4n) is 1.55. The fraction of sp³-hybridized carbons (Fsp3) is 0.875. The second-order valence-electron chi connectivity index (χ2n) is 3.19. The molecule has 0 amide bonds. The van der Waals surface area contributed by atoms with Gasteiger partial charge in [-0.1, -0.05) is 6.92 Å². The van der Waals surface area contributed by atoms with E-state index >= 15 is 0 Å². The Morgan fingerprint density at radius 3 is 2.73 bits per heavy atom. The van der Waals surface area contributed by atoms with Gasteiger partial charge in [0.15, 0.2) is 5.60 Å². The van der Waals surface area contributed by atoms with Gasteiger partial charge in [0.05, 0.1) is 19.3 Å². The number of aliphatic hydroxyl groups is 1. The highest BCUT2D eigenvalue weighted by Gasteiger charge is 2.43. The van der Waals surface area contributed by atoms with E-state index in [4.69, 9.17) is 15.1 Å². The zero-order chi connectivity index (χ0) is 8.32. The summed E-state index contributed by atoms with van der Waals surface area (Å²) < 4.78 is 5.22. The van der Waals surface area contributed by atoms with Gasteiger partial charge in [0.2, 0.25) is 0 Å². The van der Waals surface area contributed by atoms with Crippen molar-refractivity contribution in [2.45, 2.75) is 25.4 Å². The molecule has 0 aromatic rings. The summed E-state index contributed by atoms with van der Waals surface area (Å²) in [5.41, 5.74) is -0.567. The summed E-state index contributed by atoms with van der Waals surface area (Å²) in [5.74, 6) is 0.591. The smallest absolute Gasteiger partial charge is 0.154 e. The van der Waals surface area contributed by atoms with E-state index in [1.165, 1.54) is 0 Å². The Balaban J connectivity index is 2.33. The number of nitriles is 1. The molecule has 1 saturated carbocycles. The molecule has 0 atom stereocenters. The summed E-state index contributed by atoms with van der Waals surface area (Å²) in [6.07, 6.45) is 1.62. The van der Waals surface area contributed by atoms with Gasteiger partial charge in [-0.25, -0.2) is 0 Å². The lowest BCUT2D eigenvalue weighted by atomic mass is 9.73. The standard InChI is InChI=1S/C8H13NO2/c1-7-4-8(5-7,6-9)11-3-2-10/h7,10H,2-5H2,1H3. The van der Waals surface area contributed by atoms with E-state index in [0.29, 0.717) is 5.92 Å². The highest BCUT2D eigenvalue weighted by Crippen LogP contribution is 2.39. The van der Waals surface area contributed by atoms with Crippen molar-refractivity contribution in [2.75, 3.05) is 13.2 Å². The van der Waals surface area contributed by atoms with Crippen molar-refractivity contribution in [1.82, 2.24) is 0 Å². The Morgan fingerprint density at radius 2 is 2.36 bits per heavy atom. The van der Waals surface area contributed by atoms with Crippen LogP contribution in [0.3, 0.4) is 0 Å². The predicted molar refractivity (Wildman–Crippen MR) is 39.8 cm³/mol. The Labute approximate surface area is 66.6 Å². The Bertz CT molecular complexity index is 167. The van der Waals surface area contributed by atoms with Crippen LogP contribution >= 0.6 is 0 Å². The maximum Gasteiger partial charge on any atom is 0.154 e. The van der Waals surface area contributed by atoms with Crippen molar-refractivity contribution in [3.8, 4) is 6.07 Å². The van der Waals surface area contributed by atoms with E-state index < -0.39 is 5.60 Å². The van der Waals surface area contributed by atoms with E-state index in [1.807, 2.05) is 0 Å². The molecule has 0 bridgehead atoms. The maximum atomic E-state index is 8.72. The van der Waals surface area contributed by atoms with E-state index in [9.17, 15) is 0 Å². The molecular formula is C8H13NO2. The first-order valence-corrected chi connectivity index (χ1v) is 3.88. The molecule has 0 heterocycles. The van der Waals surface area contributed by atoms with E-state index in [-0.39, 0.29) is 13.2 Å². The maximum absolute atomic E-state index is 8.72. The largest absolute Gasteiger partial charge is 0.394 e. The molecule has 0 aromatic heterocycles. The molecule has 0 saturated heterocycles. The normalized spacial score (nSPS) is 35.9. The van der Waals surface area contributed by atoms with Crippen LogP contribution in [-0.4, -0.2) is 23.9 Å². The molecule has 0 unspecified atom stereocenters. The van der Waals surface area contributed by atoms with Crippen molar-refractivity contribution in [3.05, 3.63) is 0 Å². The van der Waals surface area contributed by atoms with Gasteiger partial charge in [-0.15, -0.1) is 0 Å². The quantitative estimate of drug-likeness (QED) is 0.652. The molecular weight excluding hydrogens is 142 g/mol. The minimum Gasteiger partial charge on any atom is -0.394 e. The van der Waals surface area contributed by atoms with Gasteiger partial charge in [-0.05, 0) is 18.8 Å². The molecule has 1 fully saturated rings. The van der Waals surface area contributed by atoms with Gasteiger partial charge in [0.1, 0.15) is 0 Å². The van der Waals surface area contributed by atoms with Crippen molar-refractivity contribution >= 4 is 0 Å². The van der Waals surface area contributed by atoms with Gasteiger partial charge in [0.25, 0.3) is 0 Å². The minimum absolute atomic E-state index is 0.00217. The molecule has 0 aliphatic heterocycles. The SMILES string of the molecule is CC1CC(C#N)(OCCO)C1. The Hall–Kier alpha value is -0.590. The summed E-state index contributed by atoms with van der Waals surface area (Å²) in [7, 11) is 0. The number of hydrogen-bond donors (Lipinski definition) is 1. The van der Waals surface area contributed by atoms with Crippen LogP contribution in [-0.2, 0) is 4.74 Å². The summed E-state index contributed by atoms with van der Waals surface area (Å²) in [5, 5.41) is 17.2. The molecule has 62 valence electrons. The highest BCUT2D eigenvalue weighted by atomic mass is 16.5. The van der Waals surface area contributed by atoms with Crippen LogP contribution in [0.5, 0.6) is 0 Å². The summed E-state index contributed by atoms with van der Waals surface area (Å²) in [6, 6.07) is 2.15. The van der Waals surface area contributed by atoms with Crippen LogP contribution in [0.2, 0.25) is 0 Å². The second kappa shape index (κ2) is 3.21. The number of ether oxygens (including phenoxy) is 1. The van der Waals surface area contributed by atoms with Crippen LogP contribution in [0.4, 0.5) is 0 Å². The molecule has 3 heteroatoms. The second-order valence-corrected chi connectivity index (χ2v) is 3.19. The lowest BCUT2D eigenvalue weighted by Gasteiger charge is -2.40.